The normalized spacial score (nSPS) is 23.3. The summed E-state index contributed by atoms with van der Waals surface area (Å²) in [7, 11) is 0. The smallest absolute Gasteiger partial charge is 0.247 e. The van der Waals surface area contributed by atoms with E-state index in [2.05, 4.69) is 5.32 Å². The van der Waals surface area contributed by atoms with Crippen LogP contribution in [0.25, 0.3) is 0 Å². The predicted octanol–water partition coefficient (Wildman–Crippen LogP) is 2.10. The van der Waals surface area contributed by atoms with Gasteiger partial charge in [-0.05, 0) is 43.9 Å². The van der Waals surface area contributed by atoms with Gasteiger partial charge in [0, 0.05) is 17.0 Å². The zero-order chi connectivity index (χ0) is 16.3. The molecule has 128 valence electrons. The predicted molar refractivity (Wildman–Crippen MR) is 93.3 cm³/mol. The van der Waals surface area contributed by atoms with Gasteiger partial charge in [0.05, 0.1) is 0 Å². The van der Waals surface area contributed by atoms with Crippen LogP contribution in [-0.4, -0.2) is 17.9 Å². The van der Waals surface area contributed by atoms with Crippen molar-refractivity contribution in [2.24, 2.45) is 17.4 Å². The van der Waals surface area contributed by atoms with E-state index in [4.69, 9.17) is 23.1 Å². The maximum absolute atomic E-state index is 12.5. The molecule has 0 bridgehead atoms. The highest BCUT2D eigenvalue weighted by atomic mass is 35.5. The Morgan fingerprint density at radius 3 is 2.61 bits per heavy atom. The molecule has 5 nitrogen and oxygen atoms in total. The minimum Gasteiger partial charge on any atom is -0.367 e. The summed E-state index contributed by atoms with van der Waals surface area (Å²) in [5, 5.41) is 3.28. The lowest BCUT2D eigenvalue weighted by atomic mass is 9.84. The van der Waals surface area contributed by atoms with Crippen molar-refractivity contribution in [3.8, 4) is 0 Å². The number of carbonyl (C=O) groups is 2. The molecule has 0 aromatic heterocycles. The number of nitrogens with one attached hydrogen (secondary N) is 1. The lowest BCUT2D eigenvalue weighted by Crippen LogP contribution is -2.54. The Morgan fingerprint density at radius 1 is 1.35 bits per heavy atom. The highest BCUT2D eigenvalue weighted by Gasteiger charge is 2.37. The average Bonchev–Trinajstić information content (AvgIpc) is 2.46. The lowest BCUT2D eigenvalue weighted by molar-refractivity contribution is -0.134. The summed E-state index contributed by atoms with van der Waals surface area (Å²) in [6.07, 6.45) is 3.27. The molecule has 3 atom stereocenters. The molecule has 0 radical (unpaired) electrons. The van der Waals surface area contributed by atoms with Crippen LogP contribution in [0.2, 0.25) is 5.02 Å². The number of benzene rings is 1. The molecule has 0 heterocycles. The fourth-order valence-corrected chi connectivity index (χ4v) is 3.08. The van der Waals surface area contributed by atoms with Gasteiger partial charge in [0.15, 0.2) is 0 Å². The van der Waals surface area contributed by atoms with Crippen molar-refractivity contribution in [2.45, 2.75) is 44.2 Å². The Balaban J connectivity index is 0.00000264. The van der Waals surface area contributed by atoms with Crippen LogP contribution in [0.4, 0.5) is 0 Å². The van der Waals surface area contributed by atoms with Gasteiger partial charge in [-0.1, -0.05) is 30.2 Å². The molecule has 2 rings (SSSR count). The van der Waals surface area contributed by atoms with Crippen molar-refractivity contribution in [3.05, 3.63) is 34.9 Å². The topological polar surface area (TPSA) is 98.2 Å². The summed E-state index contributed by atoms with van der Waals surface area (Å²) in [6, 6.07) is 6.83. The molecule has 3 unspecified atom stereocenters. The fraction of sp³-hybridized carbons (Fsp3) is 0.500. The van der Waals surface area contributed by atoms with Gasteiger partial charge in [0.1, 0.15) is 5.54 Å². The van der Waals surface area contributed by atoms with Crippen molar-refractivity contribution in [1.29, 1.82) is 0 Å². The number of primary amides is 1. The van der Waals surface area contributed by atoms with Crippen molar-refractivity contribution < 1.29 is 9.59 Å². The lowest BCUT2D eigenvalue weighted by Gasteiger charge is -2.32. The molecule has 23 heavy (non-hydrogen) atoms. The third-order valence-electron chi connectivity index (χ3n) is 4.35. The summed E-state index contributed by atoms with van der Waals surface area (Å²) in [6.45, 7) is 1.60. The Morgan fingerprint density at radius 2 is 2.04 bits per heavy atom. The molecule has 1 saturated carbocycles. The molecule has 7 heteroatoms. The molecule has 1 aromatic carbocycles. The number of rotatable bonds is 4. The maximum Gasteiger partial charge on any atom is 0.247 e. The van der Waals surface area contributed by atoms with Gasteiger partial charge in [0.2, 0.25) is 11.8 Å². The fourth-order valence-electron chi connectivity index (χ4n) is 2.89. The van der Waals surface area contributed by atoms with Gasteiger partial charge in [-0.2, -0.15) is 0 Å². The van der Waals surface area contributed by atoms with Crippen LogP contribution < -0.4 is 16.8 Å². The Hall–Kier alpha value is -1.30. The Bertz CT molecular complexity index is 582. The van der Waals surface area contributed by atoms with E-state index in [1.807, 2.05) is 0 Å². The molecule has 1 aliphatic carbocycles. The number of nitrogens with two attached hydrogens (primary N) is 2. The molecule has 1 aliphatic rings. The number of amides is 2. The van der Waals surface area contributed by atoms with Crippen LogP contribution >= 0.6 is 24.0 Å². The van der Waals surface area contributed by atoms with Gasteiger partial charge in [0.25, 0.3) is 0 Å². The van der Waals surface area contributed by atoms with E-state index in [0.29, 0.717) is 17.0 Å². The van der Waals surface area contributed by atoms with Crippen molar-refractivity contribution >= 4 is 35.8 Å². The first-order chi connectivity index (χ1) is 10.3. The molecule has 0 aliphatic heterocycles. The summed E-state index contributed by atoms with van der Waals surface area (Å²) in [5.74, 6) is -0.985. The molecule has 1 aromatic rings. The highest BCUT2D eigenvalue weighted by molar-refractivity contribution is 6.30. The number of carbonyl (C=O) groups excluding carboxylic acids is 2. The van der Waals surface area contributed by atoms with E-state index < -0.39 is 11.4 Å². The minimum atomic E-state index is -1.29. The van der Waals surface area contributed by atoms with E-state index in [1.54, 1.807) is 31.2 Å². The second kappa shape index (κ2) is 7.99. The SMILES string of the molecule is CC(NC(=O)C1CCCC(N)C1)(C(N)=O)c1cccc(Cl)c1.Cl. The molecule has 5 N–H and O–H groups in total. The van der Waals surface area contributed by atoms with Crippen LogP contribution in [0, 0.1) is 5.92 Å². The molecule has 1 fully saturated rings. The third kappa shape index (κ3) is 4.59. The Labute approximate surface area is 147 Å². The van der Waals surface area contributed by atoms with Crippen LogP contribution in [0.15, 0.2) is 24.3 Å². The van der Waals surface area contributed by atoms with Gasteiger partial charge in [-0.15, -0.1) is 12.4 Å². The molecule has 0 saturated heterocycles. The molecular weight excluding hydrogens is 337 g/mol. The molecule has 2 amide bonds. The van der Waals surface area contributed by atoms with Crippen molar-refractivity contribution in [2.75, 3.05) is 0 Å². The zero-order valence-electron chi connectivity index (χ0n) is 13.0. The zero-order valence-corrected chi connectivity index (χ0v) is 14.6. The Kier molecular flexibility index (Phi) is 6.86. The van der Waals surface area contributed by atoms with Crippen LogP contribution in [0.1, 0.15) is 38.2 Å². The second-order valence-corrected chi connectivity index (χ2v) is 6.55. The van der Waals surface area contributed by atoms with E-state index in [0.717, 1.165) is 19.3 Å². The monoisotopic (exact) mass is 359 g/mol. The van der Waals surface area contributed by atoms with Gasteiger partial charge in [-0.25, -0.2) is 0 Å². The van der Waals surface area contributed by atoms with Crippen LogP contribution in [-0.2, 0) is 15.1 Å². The van der Waals surface area contributed by atoms with E-state index >= 15 is 0 Å². The van der Waals surface area contributed by atoms with Crippen LogP contribution in [0.3, 0.4) is 0 Å². The van der Waals surface area contributed by atoms with Crippen LogP contribution in [0.5, 0.6) is 0 Å². The highest BCUT2D eigenvalue weighted by Crippen LogP contribution is 2.27. The largest absolute Gasteiger partial charge is 0.367 e. The van der Waals surface area contributed by atoms with Gasteiger partial charge < -0.3 is 16.8 Å². The van der Waals surface area contributed by atoms with E-state index in [-0.39, 0.29) is 30.3 Å². The summed E-state index contributed by atoms with van der Waals surface area (Å²) >= 11 is 5.98. The first-order valence-corrected chi connectivity index (χ1v) is 7.84. The van der Waals surface area contributed by atoms with Crippen molar-refractivity contribution in [3.63, 3.8) is 0 Å². The standard InChI is InChI=1S/C16H22ClN3O2.ClH/c1-16(15(19)22,11-5-3-6-12(17)9-11)20-14(21)10-4-2-7-13(18)8-10;/h3,5-6,9-10,13H,2,4,7-8,18H2,1H3,(H2,19,22)(H,20,21);1H. The first-order valence-electron chi connectivity index (χ1n) is 7.46. The molecular formula is C16H23Cl2N3O2. The quantitative estimate of drug-likeness (QED) is 0.767. The van der Waals surface area contributed by atoms with E-state index in [1.165, 1.54) is 0 Å². The second-order valence-electron chi connectivity index (χ2n) is 6.11. The van der Waals surface area contributed by atoms with E-state index in [9.17, 15) is 9.59 Å². The average molecular weight is 360 g/mol. The first kappa shape index (κ1) is 19.7. The molecule has 0 spiro atoms. The van der Waals surface area contributed by atoms with Gasteiger partial charge in [-0.3, -0.25) is 9.59 Å². The summed E-state index contributed by atoms with van der Waals surface area (Å²) in [4.78, 5) is 24.5. The third-order valence-corrected chi connectivity index (χ3v) is 4.59. The number of halogens is 2. The summed E-state index contributed by atoms with van der Waals surface area (Å²) < 4.78 is 0. The maximum atomic E-state index is 12.5. The minimum absolute atomic E-state index is 0. The summed E-state index contributed by atoms with van der Waals surface area (Å²) in [5.41, 5.74) is 10.7. The van der Waals surface area contributed by atoms with Crippen molar-refractivity contribution in [1.82, 2.24) is 5.32 Å². The van der Waals surface area contributed by atoms with Gasteiger partial charge >= 0.3 is 0 Å². The number of hydrogen-bond donors (Lipinski definition) is 3. The number of hydrogen-bond acceptors (Lipinski definition) is 3.